The van der Waals surface area contributed by atoms with Crippen molar-refractivity contribution in [1.29, 1.82) is 0 Å². The summed E-state index contributed by atoms with van der Waals surface area (Å²) >= 11 is 0. The van der Waals surface area contributed by atoms with Gasteiger partial charge in [0.25, 0.3) is 0 Å². The normalized spacial score (nSPS) is 10.4. The molecule has 0 radical (unpaired) electrons. The molecule has 1 aromatic carbocycles. The maximum Gasteiger partial charge on any atom is 0.305 e. The molecule has 5 heteroatoms. The molecule has 108 valence electrons. The van der Waals surface area contributed by atoms with Gasteiger partial charge in [-0.1, -0.05) is 13.8 Å². The Morgan fingerprint density at radius 2 is 1.70 bits per heavy atom. The van der Waals surface area contributed by atoms with E-state index in [2.05, 4.69) is 0 Å². The van der Waals surface area contributed by atoms with Gasteiger partial charge in [0.05, 0.1) is 6.42 Å². The van der Waals surface area contributed by atoms with Gasteiger partial charge in [0.1, 0.15) is 0 Å². The van der Waals surface area contributed by atoms with Gasteiger partial charge in [0.2, 0.25) is 5.91 Å². The number of carbonyl (C=O) groups is 3. The predicted octanol–water partition coefficient (Wildman–Crippen LogP) is 2.35. The number of Topliss-reactive ketones (excluding diaryl/α,β-unsaturated/α-hetero) is 1. The van der Waals surface area contributed by atoms with Crippen molar-refractivity contribution in [3.8, 4) is 0 Å². The van der Waals surface area contributed by atoms with Crippen LogP contribution in [0, 0.1) is 5.92 Å². The summed E-state index contributed by atoms with van der Waals surface area (Å²) in [4.78, 5) is 35.5. The van der Waals surface area contributed by atoms with Gasteiger partial charge < -0.3 is 10.0 Å². The van der Waals surface area contributed by atoms with E-state index < -0.39 is 5.97 Å². The molecular weight excluding hydrogens is 258 g/mol. The lowest BCUT2D eigenvalue weighted by Gasteiger charge is -2.24. The molecule has 0 heterocycles. The largest absolute Gasteiger partial charge is 0.481 e. The molecule has 1 amide bonds. The van der Waals surface area contributed by atoms with Crippen molar-refractivity contribution in [2.45, 2.75) is 27.2 Å². The van der Waals surface area contributed by atoms with E-state index in [1.807, 2.05) is 0 Å². The number of amides is 1. The van der Waals surface area contributed by atoms with Crippen LogP contribution in [-0.2, 0) is 9.59 Å². The topological polar surface area (TPSA) is 74.7 Å². The van der Waals surface area contributed by atoms with Crippen LogP contribution in [0.1, 0.15) is 37.6 Å². The lowest BCUT2D eigenvalue weighted by molar-refractivity contribution is -0.136. The van der Waals surface area contributed by atoms with Gasteiger partial charge in [0, 0.05) is 23.7 Å². The fraction of sp³-hybridized carbons (Fsp3) is 0.400. The number of carbonyl (C=O) groups excluding carboxylic acids is 2. The Hall–Kier alpha value is -2.17. The van der Waals surface area contributed by atoms with E-state index in [-0.39, 0.29) is 30.6 Å². The maximum atomic E-state index is 12.1. The summed E-state index contributed by atoms with van der Waals surface area (Å²) in [5, 5.41) is 8.76. The number of anilines is 1. The zero-order valence-electron chi connectivity index (χ0n) is 11.9. The average molecular weight is 277 g/mol. The SMILES string of the molecule is CC(=O)c1ccc(N(CCC(=O)O)C(=O)C(C)C)cc1. The summed E-state index contributed by atoms with van der Waals surface area (Å²) in [5.74, 6) is -1.37. The van der Waals surface area contributed by atoms with Crippen LogP contribution in [0.3, 0.4) is 0 Å². The molecule has 1 N–H and O–H groups in total. The summed E-state index contributed by atoms with van der Waals surface area (Å²) in [6.45, 7) is 5.11. The first-order chi connectivity index (χ1) is 9.32. The van der Waals surface area contributed by atoms with E-state index >= 15 is 0 Å². The molecule has 0 bridgehead atoms. The second-order valence-corrected chi connectivity index (χ2v) is 4.89. The molecule has 5 nitrogen and oxygen atoms in total. The molecule has 0 unspecified atom stereocenters. The third-order valence-corrected chi connectivity index (χ3v) is 2.89. The Morgan fingerprint density at radius 3 is 2.10 bits per heavy atom. The highest BCUT2D eigenvalue weighted by Gasteiger charge is 2.19. The third kappa shape index (κ3) is 4.19. The quantitative estimate of drug-likeness (QED) is 0.810. The van der Waals surface area contributed by atoms with E-state index in [1.165, 1.54) is 11.8 Å². The number of nitrogens with zero attached hydrogens (tertiary/aromatic N) is 1. The van der Waals surface area contributed by atoms with E-state index in [4.69, 9.17) is 5.11 Å². The lowest BCUT2D eigenvalue weighted by Crippen LogP contribution is -2.36. The van der Waals surface area contributed by atoms with Crippen molar-refractivity contribution in [3.05, 3.63) is 29.8 Å². The zero-order chi connectivity index (χ0) is 15.3. The molecule has 1 aromatic rings. The van der Waals surface area contributed by atoms with E-state index in [9.17, 15) is 14.4 Å². The second kappa shape index (κ2) is 6.84. The summed E-state index contributed by atoms with van der Waals surface area (Å²) in [6.07, 6.45) is -0.118. The molecule has 0 atom stereocenters. The molecular formula is C15H19NO4. The maximum absolute atomic E-state index is 12.1. The zero-order valence-corrected chi connectivity index (χ0v) is 11.9. The van der Waals surface area contributed by atoms with Crippen LogP contribution < -0.4 is 4.90 Å². The van der Waals surface area contributed by atoms with Crippen molar-refractivity contribution >= 4 is 23.3 Å². The molecule has 1 rings (SSSR count). The number of ketones is 1. The molecule has 0 spiro atoms. The van der Waals surface area contributed by atoms with Crippen molar-refractivity contribution in [3.63, 3.8) is 0 Å². The molecule has 0 aliphatic rings. The Kier molecular flexibility index (Phi) is 5.43. The number of carboxylic acid groups (broad SMARTS) is 1. The number of aliphatic carboxylic acids is 1. The molecule has 0 aromatic heterocycles. The predicted molar refractivity (Wildman–Crippen MR) is 75.9 cm³/mol. The minimum atomic E-state index is -0.952. The van der Waals surface area contributed by atoms with Crippen LogP contribution in [-0.4, -0.2) is 29.3 Å². The van der Waals surface area contributed by atoms with Crippen LogP contribution in [0.15, 0.2) is 24.3 Å². The second-order valence-electron chi connectivity index (χ2n) is 4.89. The first kappa shape index (κ1) is 15.9. The standard InChI is InChI=1S/C15H19NO4/c1-10(2)15(20)16(9-8-14(18)19)13-6-4-12(5-7-13)11(3)17/h4-7,10H,8-9H2,1-3H3,(H,18,19). The summed E-state index contributed by atoms with van der Waals surface area (Å²) in [7, 11) is 0. The first-order valence-electron chi connectivity index (χ1n) is 6.47. The Balaban J connectivity index is 2.99. The van der Waals surface area contributed by atoms with Crippen molar-refractivity contribution in [2.75, 3.05) is 11.4 Å². The van der Waals surface area contributed by atoms with Crippen molar-refractivity contribution in [1.82, 2.24) is 0 Å². The highest BCUT2D eigenvalue weighted by atomic mass is 16.4. The van der Waals surface area contributed by atoms with Gasteiger partial charge in [-0.3, -0.25) is 14.4 Å². The number of benzene rings is 1. The van der Waals surface area contributed by atoms with Gasteiger partial charge in [-0.15, -0.1) is 0 Å². The van der Waals surface area contributed by atoms with Gasteiger partial charge in [-0.25, -0.2) is 0 Å². The average Bonchev–Trinajstić information content (AvgIpc) is 2.38. The van der Waals surface area contributed by atoms with Crippen LogP contribution in [0.2, 0.25) is 0 Å². The van der Waals surface area contributed by atoms with Crippen LogP contribution in [0.25, 0.3) is 0 Å². The minimum Gasteiger partial charge on any atom is -0.481 e. The van der Waals surface area contributed by atoms with Gasteiger partial charge >= 0.3 is 5.97 Å². The van der Waals surface area contributed by atoms with Crippen LogP contribution in [0.5, 0.6) is 0 Å². The molecule has 0 fully saturated rings. The summed E-state index contributed by atoms with van der Waals surface area (Å²) in [5.41, 5.74) is 1.17. The molecule has 20 heavy (non-hydrogen) atoms. The van der Waals surface area contributed by atoms with Gasteiger partial charge in [0.15, 0.2) is 5.78 Å². The van der Waals surface area contributed by atoms with Crippen LogP contribution in [0.4, 0.5) is 5.69 Å². The number of hydrogen-bond acceptors (Lipinski definition) is 3. The fourth-order valence-corrected chi connectivity index (χ4v) is 1.76. The molecule has 0 saturated carbocycles. The third-order valence-electron chi connectivity index (χ3n) is 2.89. The van der Waals surface area contributed by atoms with Crippen LogP contribution >= 0.6 is 0 Å². The van der Waals surface area contributed by atoms with E-state index in [0.29, 0.717) is 11.3 Å². The number of hydrogen-bond donors (Lipinski definition) is 1. The van der Waals surface area contributed by atoms with Gasteiger partial charge in [-0.2, -0.15) is 0 Å². The summed E-state index contributed by atoms with van der Waals surface area (Å²) in [6, 6.07) is 6.61. The summed E-state index contributed by atoms with van der Waals surface area (Å²) < 4.78 is 0. The number of carboxylic acids is 1. The Bertz CT molecular complexity index is 505. The van der Waals surface area contributed by atoms with E-state index in [1.54, 1.807) is 38.1 Å². The molecule has 0 saturated heterocycles. The Morgan fingerprint density at radius 1 is 1.15 bits per heavy atom. The van der Waals surface area contributed by atoms with Crippen molar-refractivity contribution in [2.24, 2.45) is 5.92 Å². The first-order valence-corrected chi connectivity index (χ1v) is 6.47. The van der Waals surface area contributed by atoms with Gasteiger partial charge in [-0.05, 0) is 31.2 Å². The lowest BCUT2D eigenvalue weighted by atomic mass is 10.1. The van der Waals surface area contributed by atoms with Crippen molar-refractivity contribution < 1.29 is 19.5 Å². The molecule has 0 aliphatic carbocycles. The molecule has 0 aliphatic heterocycles. The monoisotopic (exact) mass is 277 g/mol. The highest BCUT2D eigenvalue weighted by molar-refractivity contribution is 5.97. The smallest absolute Gasteiger partial charge is 0.305 e. The number of rotatable bonds is 6. The van der Waals surface area contributed by atoms with E-state index in [0.717, 1.165) is 0 Å². The Labute approximate surface area is 118 Å². The highest BCUT2D eigenvalue weighted by Crippen LogP contribution is 2.18. The minimum absolute atomic E-state index is 0.0520. The fourth-order valence-electron chi connectivity index (χ4n) is 1.76.